The van der Waals surface area contributed by atoms with Gasteiger partial charge in [0.05, 0.1) is 0 Å². The molecule has 13 heavy (non-hydrogen) atoms. The van der Waals surface area contributed by atoms with Crippen molar-refractivity contribution in [3.8, 4) is 0 Å². The van der Waals surface area contributed by atoms with Crippen LogP contribution in [-0.4, -0.2) is 38.0 Å². The van der Waals surface area contributed by atoms with Gasteiger partial charge in [-0.25, -0.2) is 4.39 Å². The fourth-order valence-corrected chi connectivity index (χ4v) is 4.03. The fourth-order valence-electron chi connectivity index (χ4n) is 2.41. The standard InChI is InChI=1S/C9H19FN2Si/c1-2-11-9(10)12(13-11)8-6-4-3-5-7-8/h8-9H,2-7,13H2,1H3. The van der Waals surface area contributed by atoms with Gasteiger partial charge >= 0.3 is 0 Å². The van der Waals surface area contributed by atoms with Gasteiger partial charge in [-0.2, -0.15) is 0 Å². The number of rotatable bonds is 2. The molecule has 2 fully saturated rings. The van der Waals surface area contributed by atoms with Crippen LogP contribution < -0.4 is 0 Å². The van der Waals surface area contributed by atoms with Crippen LogP contribution in [0, 0.1) is 0 Å². The van der Waals surface area contributed by atoms with Gasteiger partial charge in [-0.15, -0.1) is 0 Å². The average molecular weight is 202 g/mol. The number of halogens is 1. The smallest absolute Gasteiger partial charge is 0.199 e. The van der Waals surface area contributed by atoms with Crippen molar-refractivity contribution in [1.82, 2.24) is 9.13 Å². The zero-order valence-corrected chi connectivity index (χ0v) is 9.79. The van der Waals surface area contributed by atoms with E-state index in [2.05, 4.69) is 11.5 Å². The molecule has 0 amide bonds. The van der Waals surface area contributed by atoms with Crippen molar-refractivity contribution in [2.24, 2.45) is 0 Å². The Morgan fingerprint density at radius 1 is 1.31 bits per heavy atom. The lowest BCUT2D eigenvalue weighted by atomic mass is 9.95. The molecule has 0 N–H and O–H groups in total. The third-order valence-corrected chi connectivity index (χ3v) is 5.63. The van der Waals surface area contributed by atoms with Crippen molar-refractivity contribution in [2.45, 2.75) is 51.5 Å². The molecular formula is C9H19FN2Si. The quantitative estimate of drug-likeness (QED) is 0.490. The van der Waals surface area contributed by atoms with Gasteiger partial charge in [0.2, 0.25) is 0 Å². The number of nitrogens with zero attached hydrogens (tertiary/aromatic N) is 2. The number of hydrogen-bond acceptors (Lipinski definition) is 2. The maximum atomic E-state index is 13.5. The zero-order chi connectivity index (χ0) is 9.26. The monoisotopic (exact) mass is 202 g/mol. The molecule has 0 aromatic rings. The summed E-state index contributed by atoms with van der Waals surface area (Å²) >= 11 is 0. The molecule has 1 heterocycles. The summed E-state index contributed by atoms with van der Waals surface area (Å²) in [5.74, 6) is 0. The van der Waals surface area contributed by atoms with Gasteiger partial charge in [0.1, 0.15) is 0 Å². The molecule has 0 spiro atoms. The highest BCUT2D eigenvalue weighted by atomic mass is 28.2. The van der Waals surface area contributed by atoms with Gasteiger partial charge in [-0.05, 0) is 19.4 Å². The van der Waals surface area contributed by atoms with Crippen LogP contribution in [-0.2, 0) is 0 Å². The zero-order valence-electron chi connectivity index (χ0n) is 8.38. The highest BCUT2D eigenvalue weighted by Gasteiger charge is 2.40. The SMILES string of the molecule is CCN1[SiH2]N(C2CCCCC2)C1F. The van der Waals surface area contributed by atoms with Crippen molar-refractivity contribution in [2.75, 3.05) is 6.54 Å². The molecule has 0 radical (unpaired) electrons. The predicted octanol–water partition coefficient (Wildman–Crippen LogP) is 1.21. The van der Waals surface area contributed by atoms with Gasteiger partial charge in [0, 0.05) is 6.04 Å². The average Bonchev–Trinajstić information content (AvgIpc) is 2.18. The van der Waals surface area contributed by atoms with E-state index in [1.54, 1.807) is 0 Å². The van der Waals surface area contributed by atoms with E-state index in [4.69, 9.17) is 0 Å². The molecule has 1 atom stereocenters. The summed E-state index contributed by atoms with van der Waals surface area (Å²) in [5.41, 5.74) is 0. The Bertz CT molecular complexity index is 173. The summed E-state index contributed by atoms with van der Waals surface area (Å²) in [7, 11) is -0.368. The first-order chi connectivity index (χ1) is 6.33. The van der Waals surface area contributed by atoms with E-state index in [0.29, 0.717) is 6.04 Å². The maximum absolute atomic E-state index is 13.5. The van der Waals surface area contributed by atoms with Gasteiger partial charge in [-0.3, -0.25) is 9.13 Å². The predicted molar refractivity (Wildman–Crippen MR) is 54.5 cm³/mol. The van der Waals surface area contributed by atoms with Crippen LogP contribution >= 0.6 is 0 Å². The van der Waals surface area contributed by atoms with Crippen LogP contribution in [0.3, 0.4) is 0 Å². The van der Waals surface area contributed by atoms with E-state index in [1.165, 1.54) is 32.1 Å². The van der Waals surface area contributed by atoms with Crippen molar-refractivity contribution in [1.29, 1.82) is 0 Å². The molecule has 2 aliphatic rings. The van der Waals surface area contributed by atoms with E-state index in [9.17, 15) is 4.39 Å². The van der Waals surface area contributed by atoms with E-state index in [0.717, 1.165) is 6.54 Å². The van der Waals surface area contributed by atoms with E-state index < -0.39 is 6.42 Å². The normalized spacial score (nSPS) is 35.1. The minimum absolute atomic E-state index is 0.368. The summed E-state index contributed by atoms with van der Waals surface area (Å²) in [4.78, 5) is 0. The molecule has 1 aliphatic carbocycles. The van der Waals surface area contributed by atoms with Crippen LogP contribution in [0.5, 0.6) is 0 Å². The molecule has 4 heteroatoms. The molecule has 76 valence electrons. The Kier molecular flexibility index (Phi) is 3.01. The van der Waals surface area contributed by atoms with Crippen molar-refractivity contribution < 1.29 is 4.39 Å². The Morgan fingerprint density at radius 2 is 2.00 bits per heavy atom. The second kappa shape index (κ2) is 4.07. The minimum atomic E-state index is -0.722. The van der Waals surface area contributed by atoms with Gasteiger partial charge in [0.25, 0.3) is 0 Å². The Hall–Kier alpha value is 0.0669. The molecule has 1 saturated carbocycles. The molecule has 1 saturated heterocycles. The van der Waals surface area contributed by atoms with E-state index in [1.807, 2.05) is 4.57 Å². The van der Waals surface area contributed by atoms with Crippen LogP contribution in [0.1, 0.15) is 39.0 Å². The van der Waals surface area contributed by atoms with Crippen LogP contribution in [0.15, 0.2) is 0 Å². The van der Waals surface area contributed by atoms with Crippen molar-refractivity contribution in [3.05, 3.63) is 0 Å². The maximum Gasteiger partial charge on any atom is 0.199 e. The molecule has 0 aromatic carbocycles. The topological polar surface area (TPSA) is 6.48 Å². The summed E-state index contributed by atoms with van der Waals surface area (Å²) in [5, 5.41) is 0. The van der Waals surface area contributed by atoms with Crippen molar-refractivity contribution in [3.63, 3.8) is 0 Å². The Balaban J connectivity index is 1.82. The second-order valence-electron chi connectivity index (χ2n) is 4.16. The summed E-state index contributed by atoms with van der Waals surface area (Å²) in [6.07, 6.45) is 5.75. The van der Waals surface area contributed by atoms with Crippen LogP contribution in [0.25, 0.3) is 0 Å². The first-order valence-electron chi connectivity index (χ1n) is 5.47. The molecule has 2 nitrogen and oxygen atoms in total. The molecule has 1 unspecified atom stereocenters. The van der Waals surface area contributed by atoms with Crippen molar-refractivity contribution >= 4 is 9.84 Å². The summed E-state index contributed by atoms with van der Waals surface area (Å²) < 4.78 is 17.7. The summed E-state index contributed by atoms with van der Waals surface area (Å²) in [6, 6.07) is 0.596. The van der Waals surface area contributed by atoms with E-state index >= 15 is 0 Å². The van der Waals surface area contributed by atoms with Gasteiger partial charge < -0.3 is 0 Å². The van der Waals surface area contributed by atoms with Crippen LogP contribution in [0.2, 0.25) is 0 Å². The Labute approximate surface area is 82.1 Å². The molecular weight excluding hydrogens is 183 g/mol. The lowest BCUT2D eigenvalue weighted by molar-refractivity contribution is -0.0451. The van der Waals surface area contributed by atoms with E-state index in [-0.39, 0.29) is 9.84 Å². The third-order valence-electron chi connectivity index (χ3n) is 3.37. The largest absolute Gasteiger partial charge is 0.275 e. The third kappa shape index (κ3) is 1.80. The van der Waals surface area contributed by atoms with Crippen LogP contribution in [0.4, 0.5) is 4.39 Å². The fraction of sp³-hybridized carbons (Fsp3) is 1.00. The van der Waals surface area contributed by atoms with Gasteiger partial charge in [0.15, 0.2) is 16.3 Å². The number of alkyl halides is 1. The molecule has 0 aromatic heterocycles. The minimum Gasteiger partial charge on any atom is -0.275 e. The Morgan fingerprint density at radius 3 is 2.54 bits per heavy atom. The highest BCUT2D eigenvalue weighted by molar-refractivity contribution is 6.32. The lowest BCUT2D eigenvalue weighted by Crippen LogP contribution is -2.67. The molecule has 2 rings (SSSR count). The number of hydrogen-bond donors (Lipinski definition) is 0. The second-order valence-corrected chi connectivity index (χ2v) is 5.99. The first kappa shape index (κ1) is 9.62. The molecule has 1 aliphatic heterocycles. The first-order valence-corrected chi connectivity index (χ1v) is 6.73. The van der Waals surface area contributed by atoms with Gasteiger partial charge in [-0.1, -0.05) is 26.2 Å². The lowest BCUT2D eigenvalue weighted by Gasteiger charge is -2.50. The molecule has 0 bridgehead atoms. The highest BCUT2D eigenvalue weighted by Crippen LogP contribution is 2.29. The summed E-state index contributed by atoms with van der Waals surface area (Å²) in [6.45, 7) is 2.95.